The van der Waals surface area contributed by atoms with Crippen molar-refractivity contribution in [3.63, 3.8) is 0 Å². The predicted molar refractivity (Wildman–Crippen MR) is 203 cm³/mol. The van der Waals surface area contributed by atoms with Gasteiger partial charge in [0, 0.05) is 27.6 Å². The second-order valence-corrected chi connectivity index (χ2v) is 12.9. The number of aromatic nitrogens is 2. The van der Waals surface area contributed by atoms with Crippen LogP contribution in [0.15, 0.2) is 174 Å². The Hall–Kier alpha value is -6.24. The number of fused-ring (bicyclic) bond motifs is 3. The summed E-state index contributed by atoms with van der Waals surface area (Å²) in [6.45, 7) is 0. The van der Waals surface area contributed by atoms with Gasteiger partial charge in [-0.1, -0.05) is 146 Å². The molecule has 0 saturated carbocycles. The zero-order chi connectivity index (χ0) is 32.6. The first kappa shape index (κ1) is 28.9. The van der Waals surface area contributed by atoms with Gasteiger partial charge in [-0.05, 0) is 34.9 Å². The zero-order valence-electron chi connectivity index (χ0n) is 26.4. The molecule has 3 heterocycles. The van der Waals surface area contributed by atoms with Crippen LogP contribution in [0.1, 0.15) is 22.9 Å². The number of nitrogens with zero attached hydrogens (tertiary/aromatic N) is 4. The maximum absolute atomic E-state index is 5.28. The minimum absolute atomic E-state index is 0.262. The van der Waals surface area contributed by atoms with Gasteiger partial charge in [-0.3, -0.25) is 0 Å². The molecule has 0 bridgehead atoms. The molecule has 6 aromatic carbocycles. The van der Waals surface area contributed by atoms with Gasteiger partial charge in [0.05, 0.1) is 21.4 Å². The molecular weight excluding hydrogens is 619 g/mol. The first-order chi connectivity index (χ1) is 24.3. The van der Waals surface area contributed by atoms with Crippen LogP contribution < -0.4 is 5.32 Å². The molecule has 1 aliphatic heterocycles. The van der Waals surface area contributed by atoms with E-state index in [0.717, 1.165) is 71.0 Å². The molecule has 0 amide bonds. The molecule has 1 unspecified atom stereocenters. The predicted octanol–water partition coefficient (Wildman–Crippen LogP) is 10.3. The number of rotatable bonds is 6. The summed E-state index contributed by atoms with van der Waals surface area (Å²) in [6.07, 6.45) is -0.262. The molecular formula is C43H29N5S. The monoisotopic (exact) mass is 647 g/mol. The van der Waals surface area contributed by atoms with Crippen molar-refractivity contribution < 1.29 is 0 Å². The number of nitrogens with one attached hydrogen (secondary N) is 1. The smallest absolute Gasteiger partial charge is 0.159 e. The van der Waals surface area contributed by atoms with Crippen LogP contribution in [0.2, 0.25) is 0 Å². The molecule has 5 nitrogen and oxygen atoms in total. The van der Waals surface area contributed by atoms with Crippen LogP contribution in [0, 0.1) is 0 Å². The van der Waals surface area contributed by atoms with Gasteiger partial charge in [-0.2, -0.15) is 0 Å². The summed E-state index contributed by atoms with van der Waals surface area (Å²) >= 11 is 1.68. The molecule has 6 heteroatoms. The molecule has 8 aromatic rings. The Kier molecular flexibility index (Phi) is 7.33. The number of para-hydroxylation sites is 1. The van der Waals surface area contributed by atoms with E-state index in [4.69, 9.17) is 20.0 Å². The Morgan fingerprint density at radius 2 is 1.12 bits per heavy atom. The van der Waals surface area contributed by atoms with E-state index >= 15 is 0 Å². The van der Waals surface area contributed by atoms with E-state index in [1.807, 2.05) is 48.5 Å². The van der Waals surface area contributed by atoms with Gasteiger partial charge in [0.1, 0.15) is 17.0 Å². The molecule has 0 saturated heterocycles. The lowest BCUT2D eigenvalue weighted by molar-refractivity contribution is 0.674. The van der Waals surface area contributed by atoms with Crippen molar-refractivity contribution in [2.75, 3.05) is 0 Å². The second kappa shape index (κ2) is 12.4. The van der Waals surface area contributed by atoms with E-state index in [0.29, 0.717) is 5.84 Å². The molecule has 9 rings (SSSR count). The van der Waals surface area contributed by atoms with Crippen LogP contribution in [0.25, 0.3) is 54.1 Å². The Morgan fingerprint density at radius 1 is 0.510 bits per heavy atom. The summed E-state index contributed by atoms with van der Waals surface area (Å²) < 4.78 is 1.07. The Bertz CT molecular complexity index is 2520. The first-order valence-electron chi connectivity index (χ1n) is 16.3. The maximum Gasteiger partial charge on any atom is 0.159 e. The van der Waals surface area contributed by atoms with Gasteiger partial charge in [0.25, 0.3) is 0 Å². The summed E-state index contributed by atoms with van der Waals surface area (Å²) in [7, 11) is 0. The third-order valence-corrected chi connectivity index (χ3v) is 9.86. The minimum Gasteiger partial charge on any atom is -0.344 e. The van der Waals surface area contributed by atoms with Gasteiger partial charge >= 0.3 is 0 Å². The summed E-state index contributed by atoms with van der Waals surface area (Å²) in [5.41, 5.74) is 10.3. The molecule has 0 aliphatic carbocycles. The van der Waals surface area contributed by atoms with Crippen LogP contribution in [0.5, 0.6) is 0 Å². The van der Waals surface area contributed by atoms with Crippen LogP contribution in [-0.4, -0.2) is 21.6 Å². The third-order valence-electron chi connectivity index (χ3n) is 8.75. The summed E-state index contributed by atoms with van der Waals surface area (Å²) in [4.78, 5) is 20.6. The fourth-order valence-corrected chi connectivity index (χ4v) is 7.41. The number of hydrogen-bond acceptors (Lipinski definition) is 6. The van der Waals surface area contributed by atoms with Crippen molar-refractivity contribution >= 4 is 44.1 Å². The average molecular weight is 648 g/mol. The number of hydrogen-bond donors (Lipinski definition) is 1. The zero-order valence-corrected chi connectivity index (χ0v) is 27.2. The van der Waals surface area contributed by atoms with E-state index in [2.05, 4.69) is 121 Å². The SMILES string of the molecule is c1ccc(C2=NC(c3cccc(-c4nc5c(s4)c(-c4cccc(-c6ccccc6)c4)nc4ccccc45)c3)=NC(c3ccccc3)N2)cc1. The average Bonchev–Trinajstić information content (AvgIpc) is 3.65. The molecule has 2 aromatic heterocycles. The van der Waals surface area contributed by atoms with Gasteiger partial charge in [-0.15, -0.1) is 11.3 Å². The maximum atomic E-state index is 5.28. The molecule has 1 aliphatic rings. The number of benzene rings is 6. The highest BCUT2D eigenvalue weighted by molar-refractivity contribution is 7.22. The van der Waals surface area contributed by atoms with E-state index in [1.54, 1.807) is 11.3 Å². The lowest BCUT2D eigenvalue weighted by atomic mass is 10.0. The molecule has 49 heavy (non-hydrogen) atoms. The number of aliphatic imine (C=N–C) groups is 2. The van der Waals surface area contributed by atoms with Crippen molar-refractivity contribution in [3.8, 4) is 33.0 Å². The van der Waals surface area contributed by atoms with Crippen molar-refractivity contribution in [2.45, 2.75) is 6.17 Å². The van der Waals surface area contributed by atoms with Crippen LogP contribution in [0.4, 0.5) is 0 Å². The lowest BCUT2D eigenvalue weighted by Crippen LogP contribution is -2.33. The largest absolute Gasteiger partial charge is 0.344 e. The quantitative estimate of drug-likeness (QED) is 0.195. The number of pyridine rings is 1. The minimum atomic E-state index is -0.262. The summed E-state index contributed by atoms with van der Waals surface area (Å²) in [6, 6.07) is 56.3. The molecule has 0 fully saturated rings. The fourth-order valence-electron chi connectivity index (χ4n) is 6.32. The van der Waals surface area contributed by atoms with Gasteiger partial charge in [0.2, 0.25) is 0 Å². The van der Waals surface area contributed by atoms with Crippen molar-refractivity contribution in [1.82, 2.24) is 15.3 Å². The Morgan fingerprint density at radius 3 is 1.92 bits per heavy atom. The Balaban J connectivity index is 1.17. The lowest BCUT2D eigenvalue weighted by Gasteiger charge is -2.23. The Labute approximate surface area is 288 Å². The highest BCUT2D eigenvalue weighted by Crippen LogP contribution is 2.40. The summed E-state index contributed by atoms with van der Waals surface area (Å²) in [5, 5.41) is 5.52. The van der Waals surface area contributed by atoms with Crippen LogP contribution in [-0.2, 0) is 0 Å². The van der Waals surface area contributed by atoms with Crippen LogP contribution >= 0.6 is 11.3 Å². The fraction of sp³-hybridized carbons (Fsp3) is 0.0233. The topological polar surface area (TPSA) is 62.5 Å². The highest BCUT2D eigenvalue weighted by atomic mass is 32.1. The first-order valence-corrected chi connectivity index (χ1v) is 17.1. The highest BCUT2D eigenvalue weighted by Gasteiger charge is 2.22. The van der Waals surface area contributed by atoms with Crippen molar-refractivity contribution in [2.24, 2.45) is 9.98 Å². The molecule has 1 N–H and O–H groups in total. The number of thiazole rings is 1. The van der Waals surface area contributed by atoms with Crippen molar-refractivity contribution in [3.05, 3.63) is 180 Å². The molecule has 0 radical (unpaired) electrons. The van der Waals surface area contributed by atoms with E-state index < -0.39 is 0 Å². The van der Waals surface area contributed by atoms with Gasteiger partial charge < -0.3 is 5.32 Å². The van der Waals surface area contributed by atoms with Crippen molar-refractivity contribution in [1.29, 1.82) is 0 Å². The standard InChI is InChI=1S/C43H29N5S/c1-4-14-28(15-5-1)31-20-12-21-32(26-31)37-39-38(35-24-10-11-25-36(35)44-37)45-43(49-39)34-23-13-22-33(27-34)42-47-40(29-16-6-2-7-17-29)46-41(48-42)30-18-8-3-9-19-30/h1-27,40H,(H,46,47,48). The third kappa shape index (κ3) is 5.58. The molecule has 1 atom stereocenters. The van der Waals surface area contributed by atoms with E-state index in [9.17, 15) is 0 Å². The summed E-state index contributed by atoms with van der Waals surface area (Å²) in [5.74, 6) is 1.48. The van der Waals surface area contributed by atoms with E-state index in [-0.39, 0.29) is 6.17 Å². The van der Waals surface area contributed by atoms with Crippen LogP contribution in [0.3, 0.4) is 0 Å². The molecule has 0 spiro atoms. The second-order valence-electron chi connectivity index (χ2n) is 11.9. The normalized spacial score (nSPS) is 14.3. The number of amidine groups is 2. The van der Waals surface area contributed by atoms with E-state index in [1.165, 1.54) is 5.56 Å². The van der Waals surface area contributed by atoms with Gasteiger partial charge in [-0.25, -0.2) is 20.0 Å². The molecule has 232 valence electrons. The van der Waals surface area contributed by atoms with Gasteiger partial charge in [0.15, 0.2) is 5.84 Å².